The van der Waals surface area contributed by atoms with Crippen LogP contribution in [0.2, 0.25) is 0 Å². The fourth-order valence-electron chi connectivity index (χ4n) is 1.90. The first-order valence-electron chi connectivity index (χ1n) is 6.55. The van der Waals surface area contributed by atoms with Gasteiger partial charge in [0.05, 0.1) is 17.6 Å². The highest BCUT2D eigenvalue weighted by Crippen LogP contribution is 2.19. The van der Waals surface area contributed by atoms with E-state index in [-0.39, 0.29) is 30.3 Å². The van der Waals surface area contributed by atoms with Gasteiger partial charge < -0.3 is 11.1 Å². The van der Waals surface area contributed by atoms with Crippen molar-refractivity contribution in [2.75, 3.05) is 5.32 Å². The number of fused-ring (bicyclic) bond motifs is 1. The molecule has 0 spiro atoms. The van der Waals surface area contributed by atoms with Gasteiger partial charge in [0, 0.05) is 23.7 Å². The summed E-state index contributed by atoms with van der Waals surface area (Å²) in [7, 11) is 0. The Hall–Kier alpha value is -1.59. The highest BCUT2D eigenvalue weighted by Gasteiger charge is 2.17. The van der Waals surface area contributed by atoms with E-state index in [0.29, 0.717) is 0 Å². The number of carbonyl (C=O) groups is 1. The van der Waals surface area contributed by atoms with Crippen LogP contribution in [0.3, 0.4) is 0 Å². The lowest BCUT2D eigenvalue weighted by Gasteiger charge is -2.15. The molecule has 1 amide bonds. The van der Waals surface area contributed by atoms with Gasteiger partial charge in [-0.25, -0.2) is 0 Å². The van der Waals surface area contributed by atoms with Gasteiger partial charge in [-0.05, 0) is 32.0 Å². The van der Waals surface area contributed by atoms with Crippen molar-refractivity contribution in [2.24, 2.45) is 11.7 Å². The molecule has 0 aliphatic carbocycles. The number of amides is 1. The van der Waals surface area contributed by atoms with E-state index >= 15 is 0 Å². The maximum absolute atomic E-state index is 12.0. The summed E-state index contributed by atoms with van der Waals surface area (Å²) in [5, 5.41) is 8.25. The van der Waals surface area contributed by atoms with E-state index in [0.717, 1.165) is 23.1 Å². The lowest BCUT2D eigenvalue weighted by molar-refractivity contribution is -0.119. The van der Waals surface area contributed by atoms with E-state index in [2.05, 4.69) is 10.4 Å². The maximum atomic E-state index is 12.0. The molecule has 2 aromatic rings. The molecule has 0 saturated carbocycles. The van der Waals surface area contributed by atoms with E-state index in [1.165, 1.54) is 0 Å². The number of halogens is 1. The van der Waals surface area contributed by atoms with Crippen LogP contribution in [0.25, 0.3) is 10.9 Å². The van der Waals surface area contributed by atoms with Crippen LogP contribution in [0.15, 0.2) is 24.4 Å². The standard InChI is InChI=1S/C14H20N4O.ClH/c1-4-18-13-7-12(6-5-11(13)8-16-18)17-14(19)9(2)10(3)15;/h5-10H,4,15H2,1-3H3,(H,17,19);1H. The van der Waals surface area contributed by atoms with Crippen molar-refractivity contribution in [1.82, 2.24) is 9.78 Å². The predicted octanol–water partition coefficient (Wildman–Crippen LogP) is 2.40. The number of anilines is 1. The highest BCUT2D eigenvalue weighted by atomic mass is 35.5. The van der Waals surface area contributed by atoms with E-state index in [1.807, 2.05) is 49.8 Å². The molecule has 0 saturated heterocycles. The minimum absolute atomic E-state index is 0. The summed E-state index contributed by atoms with van der Waals surface area (Å²) in [6.45, 7) is 6.50. The molecule has 0 radical (unpaired) electrons. The second-order valence-corrected chi connectivity index (χ2v) is 4.87. The van der Waals surface area contributed by atoms with Crippen LogP contribution in [-0.2, 0) is 11.3 Å². The Kier molecular flexibility index (Phi) is 5.53. The van der Waals surface area contributed by atoms with Crippen molar-refractivity contribution in [3.63, 3.8) is 0 Å². The van der Waals surface area contributed by atoms with E-state index in [9.17, 15) is 4.79 Å². The van der Waals surface area contributed by atoms with Gasteiger partial charge in [0.2, 0.25) is 5.91 Å². The van der Waals surface area contributed by atoms with Crippen molar-refractivity contribution in [2.45, 2.75) is 33.4 Å². The van der Waals surface area contributed by atoms with Crippen molar-refractivity contribution >= 4 is 34.9 Å². The van der Waals surface area contributed by atoms with Gasteiger partial charge in [0.25, 0.3) is 0 Å². The molecule has 0 aliphatic heterocycles. The minimum atomic E-state index is -0.216. The number of nitrogens with one attached hydrogen (secondary N) is 1. The molecule has 6 heteroatoms. The third-order valence-electron chi connectivity index (χ3n) is 3.41. The van der Waals surface area contributed by atoms with Crippen LogP contribution in [0.5, 0.6) is 0 Å². The van der Waals surface area contributed by atoms with E-state index < -0.39 is 0 Å². The molecule has 5 nitrogen and oxygen atoms in total. The highest BCUT2D eigenvalue weighted by molar-refractivity contribution is 5.95. The normalized spacial score (nSPS) is 13.6. The van der Waals surface area contributed by atoms with Gasteiger partial charge in [-0.1, -0.05) is 6.92 Å². The number of rotatable bonds is 4. The summed E-state index contributed by atoms with van der Waals surface area (Å²) >= 11 is 0. The summed E-state index contributed by atoms with van der Waals surface area (Å²) in [5.41, 5.74) is 7.54. The molecule has 110 valence electrons. The first-order chi connectivity index (χ1) is 9.02. The maximum Gasteiger partial charge on any atom is 0.228 e. The minimum Gasteiger partial charge on any atom is -0.327 e. The number of nitrogens with two attached hydrogens (primary N) is 1. The molecule has 2 atom stereocenters. The Labute approximate surface area is 124 Å². The summed E-state index contributed by atoms with van der Waals surface area (Å²) in [6.07, 6.45) is 1.83. The predicted molar refractivity (Wildman–Crippen MR) is 84.1 cm³/mol. The van der Waals surface area contributed by atoms with Gasteiger partial charge in [-0.2, -0.15) is 5.10 Å². The smallest absolute Gasteiger partial charge is 0.228 e. The van der Waals surface area contributed by atoms with E-state index in [1.54, 1.807) is 0 Å². The molecule has 0 aliphatic rings. The van der Waals surface area contributed by atoms with Crippen molar-refractivity contribution in [3.05, 3.63) is 24.4 Å². The average molecular weight is 297 g/mol. The largest absolute Gasteiger partial charge is 0.327 e. The fourth-order valence-corrected chi connectivity index (χ4v) is 1.90. The number of nitrogens with zero attached hydrogens (tertiary/aromatic N) is 2. The molecule has 0 bridgehead atoms. The summed E-state index contributed by atoms with van der Waals surface area (Å²) in [5.74, 6) is -0.274. The zero-order valence-corrected chi connectivity index (χ0v) is 12.8. The van der Waals surface area contributed by atoms with Gasteiger partial charge in [-0.3, -0.25) is 9.48 Å². The SMILES string of the molecule is CCn1ncc2ccc(NC(=O)C(C)C(C)N)cc21.Cl. The number of hydrogen-bond donors (Lipinski definition) is 2. The van der Waals surface area contributed by atoms with Gasteiger partial charge >= 0.3 is 0 Å². The summed E-state index contributed by atoms with van der Waals surface area (Å²) < 4.78 is 1.90. The van der Waals surface area contributed by atoms with Crippen LogP contribution >= 0.6 is 12.4 Å². The Balaban J connectivity index is 0.00000200. The Bertz CT molecular complexity index is 594. The number of benzene rings is 1. The monoisotopic (exact) mass is 296 g/mol. The van der Waals surface area contributed by atoms with Gasteiger partial charge in [0.1, 0.15) is 0 Å². The zero-order valence-electron chi connectivity index (χ0n) is 12.0. The quantitative estimate of drug-likeness (QED) is 0.910. The van der Waals surface area contributed by atoms with Crippen LogP contribution < -0.4 is 11.1 Å². The summed E-state index contributed by atoms with van der Waals surface area (Å²) in [4.78, 5) is 12.0. The second-order valence-electron chi connectivity index (χ2n) is 4.87. The zero-order chi connectivity index (χ0) is 14.0. The Morgan fingerprint density at radius 1 is 1.45 bits per heavy atom. The molecular weight excluding hydrogens is 276 g/mol. The molecule has 2 rings (SSSR count). The van der Waals surface area contributed by atoms with E-state index in [4.69, 9.17) is 5.73 Å². The average Bonchev–Trinajstić information content (AvgIpc) is 2.79. The lowest BCUT2D eigenvalue weighted by atomic mass is 10.0. The number of hydrogen-bond acceptors (Lipinski definition) is 3. The number of aryl methyl sites for hydroxylation is 1. The molecule has 3 N–H and O–H groups in total. The molecule has 0 fully saturated rings. The van der Waals surface area contributed by atoms with Crippen LogP contribution in [0.4, 0.5) is 5.69 Å². The first-order valence-corrected chi connectivity index (χ1v) is 6.55. The first kappa shape index (κ1) is 16.5. The number of aromatic nitrogens is 2. The fraction of sp³-hybridized carbons (Fsp3) is 0.429. The molecule has 1 aromatic heterocycles. The Morgan fingerprint density at radius 3 is 2.75 bits per heavy atom. The molecule has 1 heterocycles. The Morgan fingerprint density at radius 2 is 2.15 bits per heavy atom. The molecule has 2 unspecified atom stereocenters. The lowest BCUT2D eigenvalue weighted by Crippen LogP contribution is -2.34. The second kappa shape index (κ2) is 6.72. The van der Waals surface area contributed by atoms with Crippen LogP contribution in [0, 0.1) is 5.92 Å². The van der Waals surface area contributed by atoms with Crippen molar-refractivity contribution in [1.29, 1.82) is 0 Å². The topological polar surface area (TPSA) is 72.9 Å². The van der Waals surface area contributed by atoms with Crippen LogP contribution in [-0.4, -0.2) is 21.7 Å². The van der Waals surface area contributed by atoms with Gasteiger partial charge in [-0.15, -0.1) is 12.4 Å². The summed E-state index contributed by atoms with van der Waals surface area (Å²) in [6, 6.07) is 5.62. The van der Waals surface area contributed by atoms with Crippen molar-refractivity contribution < 1.29 is 4.79 Å². The van der Waals surface area contributed by atoms with Crippen LogP contribution in [0.1, 0.15) is 20.8 Å². The van der Waals surface area contributed by atoms with Crippen molar-refractivity contribution in [3.8, 4) is 0 Å². The third kappa shape index (κ3) is 3.29. The molecule has 20 heavy (non-hydrogen) atoms. The number of carbonyl (C=O) groups excluding carboxylic acids is 1. The van der Waals surface area contributed by atoms with Gasteiger partial charge in [0.15, 0.2) is 0 Å². The third-order valence-corrected chi connectivity index (χ3v) is 3.41. The molecule has 1 aromatic carbocycles. The molecular formula is C14H21ClN4O.